The van der Waals surface area contributed by atoms with Gasteiger partial charge in [-0.05, 0) is 32.6 Å². The summed E-state index contributed by atoms with van der Waals surface area (Å²) in [5.74, 6) is 0.0852. The molecule has 184 valence electrons. The number of aromatic nitrogens is 2. The zero-order chi connectivity index (χ0) is 24.8. The number of carbonyl (C=O) groups is 1. The average molecular weight is 594 g/mol. The summed E-state index contributed by atoms with van der Waals surface area (Å²) in [6, 6.07) is 16.5. The third-order valence-electron chi connectivity index (χ3n) is 7.02. The molecular weight excluding hydrogens is 567 g/mol. The van der Waals surface area contributed by atoms with E-state index in [-0.39, 0.29) is 12.0 Å². The van der Waals surface area contributed by atoms with E-state index in [0.29, 0.717) is 24.6 Å². The Kier molecular flexibility index (Phi) is 6.18. The number of carbonyl (C=O) groups excluding carboxylic acids is 1. The molecule has 0 aliphatic carbocycles. The molecule has 0 N–H and O–H groups in total. The summed E-state index contributed by atoms with van der Waals surface area (Å²) in [5.41, 5.74) is 5.36. The molecule has 36 heavy (non-hydrogen) atoms. The van der Waals surface area contributed by atoms with Crippen molar-refractivity contribution in [3.8, 4) is 0 Å². The average Bonchev–Trinajstić information content (AvgIpc) is 3.52. The summed E-state index contributed by atoms with van der Waals surface area (Å²) in [6.45, 7) is 2.95. The van der Waals surface area contributed by atoms with E-state index < -0.39 is 0 Å². The highest BCUT2D eigenvalue weighted by Gasteiger charge is 2.34. The van der Waals surface area contributed by atoms with Gasteiger partial charge in [0, 0.05) is 65.0 Å². The lowest BCUT2D eigenvalue weighted by atomic mass is 9.95. The van der Waals surface area contributed by atoms with Crippen LogP contribution in [0.5, 0.6) is 0 Å². The molecule has 7 nitrogen and oxygen atoms in total. The Morgan fingerprint density at radius 2 is 1.58 bits per heavy atom. The summed E-state index contributed by atoms with van der Waals surface area (Å²) in [7, 11) is 4.16. The van der Waals surface area contributed by atoms with Gasteiger partial charge < -0.3 is 21.8 Å². The van der Waals surface area contributed by atoms with Crippen molar-refractivity contribution < 1.29 is 12.6 Å². The van der Waals surface area contributed by atoms with Crippen molar-refractivity contribution >= 4 is 67.8 Å². The topological polar surface area (TPSA) is 61.0 Å². The van der Waals surface area contributed by atoms with Crippen LogP contribution in [0.3, 0.4) is 0 Å². The molecule has 4 bridgehead atoms. The molecule has 1 unspecified atom stereocenters. The predicted molar refractivity (Wildman–Crippen MR) is 151 cm³/mol. The molecule has 0 radical (unpaired) electrons. The van der Waals surface area contributed by atoms with Gasteiger partial charge in [-0.1, -0.05) is 36.4 Å². The molecule has 1 amide bonds. The third kappa shape index (κ3) is 3.97. The lowest BCUT2D eigenvalue weighted by Crippen LogP contribution is -2.30. The number of amides is 1. The van der Waals surface area contributed by atoms with Crippen molar-refractivity contribution in [2.24, 2.45) is 4.99 Å². The summed E-state index contributed by atoms with van der Waals surface area (Å²) >= 11 is 1.82. The van der Waals surface area contributed by atoms with E-state index in [4.69, 9.17) is 7.80 Å². The van der Waals surface area contributed by atoms with Crippen LogP contribution in [0, 0.1) is 0 Å². The maximum absolute atomic E-state index is 13.4. The van der Waals surface area contributed by atoms with Crippen molar-refractivity contribution in [3.05, 3.63) is 72.1 Å². The molecule has 2 aliphatic heterocycles. The first-order valence-electron chi connectivity index (χ1n) is 12.1. The van der Waals surface area contributed by atoms with Crippen LogP contribution in [0.15, 0.2) is 65.9 Å². The molecule has 0 fully saturated rings. The molecule has 0 saturated carbocycles. The lowest BCUT2D eigenvalue weighted by Gasteiger charge is -2.22. The number of rotatable bonds is 2. The van der Waals surface area contributed by atoms with E-state index in [1.165, 1.54) is 0 Å². The maximum atomic E-state index is 13.4. The molecule has 0 saturated heterocycles. The van der Waals surface area contributed by atoms with Crippen LogP contribution in [0.2, 0.25) is 0 Å². The molecule has 6 rings (SSSR count). The number of aliphatic imine (C=N–C) groups is 1. The molecule has 8 heteroatoms. The number of likely N-dealkylation sites (N-methyl/N-ethyl adjacent to an activating group) is 1. The predicted octanol–water partition coefficient (Wildman–Crippen LogP) is 5.16. The highest BCUT2D eigenvalue weighted by molar-refractivity contribution is 14.1. The second kappa shape index (κ2) is 9.49. The monoisotopic (exact) mass is 594 g/mol. The molecule has 4 aromatic rings. The van der Waals surface area contributed by atoms with Gasteiger partial charge in [-0.15, -0.1) is 0 Å². The van der Waals surface area contributed by atoms with Crippen molar-refractivity contribution in [2.75, 3.05) is 27.2 Å². The number of halogens is 1. The molecule has 1 atom stereocenters. The number of benzene rings is 2. The largest absolute Gasteiger partial charge is 0.407 e. The third-order valence-corrected chi connectivity index (χ3v) is 7.43. The van der Waals surface area contributed by atoms with Gasteiger partial charge in [0.05, 0.1) is 23.9 Å². The highest BCUT2D eigenvalue weighted by Crippen LogP contribution is 2.41. The Balaban J connectivity index is 1.63. The number of hydrogen-bond acceptors (Lipinski definition) is 4. The van der Waals surface area contributed by atoms with E-state index in [1.807, 2.05) is 47.3 Å². The second-order valence-corrected chi connectivity index (χ2v) is 10.0. The molecular formula is C28H27IN4O3. The van der Waals surface area contributed by atoms with Gasteiger partial charge in [-0.25, -0.2) is 0 Å². The first-order chi connectivity index (χ1) is 17.5. The van der Waals surface area contributed by atoms with Gasteiger partial charge in [-0.3, -0.25) is 4.79 Å². The number of hydrogen-bond donors (Lipinski definition) is 0. The number of aryl methyl sites for hydroxylation is 1. The summed E-state index contributed by atoms with van der Waals surface area (Å²) in [6.07, 6.45) is 5.17. The van der Waals surface area contributed by atoms with Crippen LogP contribution < -0.4 is 0 Å². The molecule has 2 aromatic carbocycles. The van der Waals surface area contributed by atoms with Crippen LogP contribution in [0.25, 0.3) is 33.0 Å². The first kappa shape index (κ1) is 23.4. The van der Waals surface area contributed by atoms with Crippen LogP contribution in [0.1, 0.15) is 17.5 Å². The quantitative estimate of drug-likeness (QED) is 0.301. The van der Waals surface area contributed by atoms with Crippen LogP contribution in [-0.4, -0.2) is 59.2 Å². The van der Waals surface area contributed by atoms with E-state index in [0.717, 1.165) is 58.0 Å². The van der Waals surface area contributed by atoms with Gasteiger partial charge in [0.1, 0.15) is 0 Å². The molecule has 2 aliphatic rings. The Labute approximate surface area is 223 Å². The number of ether oxygens (including phenoxy) is 1. The first-order valence-corrected chi connectivity index (χ1v) is 13.0. The number of para-hydroxylation sites is 2. The van der Waals surface area contributed by atoms with Crippen LogP contribution in [-0.2, 0) is 25.7 Å². The van der Waals surface area contributed by atoms with Crippen molar-refractivity contribution in [2.45, 2.75) is 25.6 Å². The normalized spacial score (nSPS) is 18.6. The van der Waals surface area contributed by atoms with Crippen molar-refractivity contribution in [3.63, 3.8) is 0 Å². The fraction of sp³-hybridized carbons (Fsp3) is 0.286. The van der Waals surface area contributed by atoms with Gasteiger partial charge in [-0.2, -0.15) is 4.99 Å². The minimum atomic E-state index is -0.266. The lowest BCUT2D eigenvalue weighted by molar-refractivity contribution is -0.112. The van der Waals surface area contributed by atoms with Gasteiger partial charge in [0.15, 0.2) is 23.0 Å². The molecule has 2 aromatic heterocycles. The summed E-state index contributed by atoms with van der Waals surface area (Å²) in [4.78, 5) is 19.9. The van der Waals surface area contributed by atoms with Crippen LogP contribution >= 0.6 is 23.0 Å². The second-order valence-electron chi connectivity index (χ2n) is 9.60. The van der Waals surface area contributed by atoms with Crippen LogP contribution in [0.4, 0.5) is 0 Å². The number of nitrogens with zero attached hydrogens (tertiary/aromatic N) is 4. The zero-order valence-corrected chi connectivity index (χ0v) is 22.4. The molecule has 0 spiro atoms. The van der Waals surface area contributed by atoms with Gasteiger partial charge >= 0.3 is 0 Å². The fourth-order valence-corrected chi connectivity index (χ4v) is 5.79. The Hall–Kier alpha value is -2.95. The van der Waals surface area contributed by atoms with Gasteiger partial charge in [0.2, 0.25) is 5.90 Å². The Bertz CT molecular complexity index is 1540. The van der Waals surface area contributed by atoms with Crippen molar-refractivity contribution in [1.29, 1.82) is 0 Å². The summed E-state index contributed by atoms with van der Waals surface area (Å²) in [5, 5.41) is 2.09. The number of fused-ring (bicyclic) bond motifs is 12. The van der Waals surface area contributed by atoms with E-state index in [9.17, 15) is 4.79 Å². The maximum Gasteiger partial charge on any atom is 0.281 e. The van der Waals surface area contributed by atoms with Crippen molar-refractivity contribution in [1.82, 2.24) is 14.0 Å². The minimum absolute atomic E-state index is 0.0964. The van der Waals surface area contributed by atoms with E-state index in [2.05, 4.69) is 69.8 Å². The van der Waals surface area contributed by atoms with E-state index >= 15 is 0 Å². The molecule has 4 heterocycles. The SMILES string of the molecule is CN(C)CC1CCn2cc(c3ccccc32)C2=C(C(OI)=NC2=O)c2cn(c3ccccc23)CCO1. The Morgan fingerprint density at radius 3 is 2.22 bits per heavy atom. The highest BCUT2D eigenvalue weighted by atomic mass is 127. The smallest absolute Gasteiger partial charge is 0.281 e. The van der Waals surface area contributed by atoms with Gasteiger partial charge in [0.25, 0.3) is 5.91 Å². The van der Waals surface area contributed by atoms with E-state index in [1.54, 1.807) is 0 Å². The summed E-state index contributed by atoms with van der Waals surface area (Å²) < 4.78 is 16.5. The zero-order valence-electron chi connectivity index (χ0n) is 20.3. The Morgan fingerprint density at radius 1 is 0.972 bits per heavy atom. The fourth-order valence-electron chi connectivity index (χ4n) is 5.47. The minimum Gasteiger partial charge on any atom is -0.407 e. The standard InChI is InChI=1S/C28H27IN4O3/c1-31(2)15-18-11-12-32-16-21(19-7-3-5-9-23(19)32)25-26(28(36-29)30-27(25)34)22-17-33(13-14-35-18)24-10-6-4-8-20(22)24/h3-10,16-18H,11-15H2,1-2H3.